The smallest absolute Gasteiger partial charge is 0.418 e. The van der Waals surface area contributed by atoms with Crippen LogP contribution >= 0.6 is 0 Å². The molecule has 0 aliphatic carbocycles. The van der Waals surface area contributed by atoms with Gasteiger partial charge in [-0.05, 0) is 44.2 Å². The third-order valence-corrected chi connectivity index (χ3v) is 5.30. The molecule has 2 aromatic rings. The minimum Gasteiger partial charge on any atom is -0.508 e. The highest BCUT2D eigenvalue weighted by Crippen LogP contribution is 2.41. The van der Waals surface area contributed by atoms with Crippen molar-refractivity contribution in [2.45, 2.75) is 31.0 Å². The highest BCUT2D eigenvalue weighted by atomic mass is 32.2. The standard InChI is InChI=1S/C16H16F3NO3S/c1-11(2)20(24(22,23)13-6-4-3-5-7-13)15-9-8-12(21)10-14(15)16(17,18)19/h3-11,21H,1-2H3. The van der Waals surface area contributed by atoms with E-state index in [9.17, 15) is 26.7 Å². The van der Waals surface area contributed by atoms with E-state index in [1.807, 2.05) is 0 Å². The number of alkyl halides is 3. The van der Waals surface area contributed by atoms with Crippen LogP contribution in [0.15, 0.2) is 53.4 Å². The summed E-state index contributed by atoms with van der Waals surface area (Å²) in [7, 11) is -4.20. The first-order chi connectivity index (χ1) is 11.0. The van der Waals surface area contributed by atoms with E-state index < -0.39 is 39.2 Å². The Morgan fingerprint density at radius 2 is 1.62 bits per heavy atom. The van der Waals surface area contributed by atoms with E-state index in [-0.39, 0.29) is 4.90 Å². The molecule has 0 spiro atoms. The third-order valence-electron chi connectivity index (χ3n) is 3.29. The van der Waals surface area contributed by atoms with Crippen molar-refractivity contribution in [2.24, 2.45) is 0 Å². The summed E-state index contributed by atoms with van der Waals surface area (Å²) in [4.78, 5) is -0.111. The zero-order chi connectivity index (χ0) is 18.1. The second kappa shape index (κ2) is 6.35. The molecule has 0 atom stereocenters. The Balaban J connectivity index is 2.71. The van der Waals surface area contributed by atoms with Gasteiger partial charge < -0.3 is 5.11 Å². The van der Waals surface area contributed by atoms with Gasteiger partial charge in [-0.1, -0.05) is 18.2 Å². The molecule has 2 rings (SSSR count). The van der Waals surface area contributed by atoms with Crippen molar-refractivity contribution in [1.29, 1.82) is 0 Å². The van der Waals surface area contributed by atoms with Gasteiger partial charge in [-0.15, -0.1) is 0 Å². The number of phenols is 1. The molecule has 0 unspecified atom stereocenters. The van der Waals surface area contributed by atoms with Crippen molar-refractivity contribution < 1.29 is 26.7 Å². The van der Waals surface area contributed by atoms with Crippen molar-refractivity contribution >= 4 is 15.7 Å². The normalized spacial score (nSPS) is 12.4. The van der Waals surface area contributed by atoms with Crippen molar-refractivity contribution in [1.82, 2.24) is 0 Å². The SMILES string of the molecule is CC(C)N(c1ccc(O)cc1C(F)(F)F)S(=O)(=O)c1ccccc1. The van der Waals surface area contributed by atoms with Gasteiger partial charge in [0.15, 0.2) is 0 Å². The summed E-state index contributed by atoms with van der Waals surface area (Å²) in [5, 5.41) is 9.37. The molecule has 0 saturated heterocycles. The van der Waals surface area contributed by atoms with Crippen LogP contribution in [0, 0.1) is 0 Å². The summed E-state index contributed by atoms with van der Waals surface area (Å²) >= 11 is 0. The minimum absolute atomic E-state index is 0.111. The number of benzene rings is 2. The zero-order valence-electron chi connectivity index (χ0n) is 12.9. The number of phenolic OH excluding ortho intramolecular Hbond substituents is 1. The van der Waals surface area contributed by atoms with E-state index in [0.29, 0.717) is 10.4 Å². The monoisotopic (exact) mass is 359 g/mol. The maximum absolute atomic E-state index is 13.3. The fraction of sp³-hybridized carbons (Fsp3) is 0.250. The lowest BCUT2D eigenvalue weighted by Gasteiger charge is -2.30. The Hall–Kier alpha value is -2.22. The van der Waals surface area contributed by atoms with Crippen LogP contribution in [0.1, 0.15) is 19.4 Å². The number of halogens is 3. The molecule has 2 aromatic carbocycles. The van der Waals surface area contributed by atoms with Crippen LogP contribution in [-0.2, 0) is 16.2 Å². The van der Waals surface area contributed by atoms with E-state index >= 15 is 0 Å². The highest BCUT2D eigenvalue weighted by Gasteiger charge is 2.39. The number of anilines is 1. The van der Waals surface area contributed by atoms with Gasteiger partial charge >= 0.3 is 6.18 Å². The van der Waals surface area contributed by atoms with Gasteiger partial charge in [-0.3, -0.25) is 4.31 Å². The lowest BCUT2D eigenvalue weighted by Crippen LogP contribution is -2.38. The summed E-state index contributed by atoms with van der Waals surface area (Å²) < 4.78 is 66.3. The van der Waals surface area contributed by atoms with Crippen LogP contribution in [0.4, 0.5) is 18.9 Å². The van der Waals surface area contributed by atoms with Gasteiger partial charge in [-0.2, -0.15) is 13.2 Å². The van der Waals surface area contributed by atoms with Gasteiger partial charge in [0.25, 0.3) is 10.0 Å². The Morgan fingerprint density at radius 3 is 2.12 bits per heavy atom. The van der Waals surface area contributed by atoms with Gasteiger partial charge in [-0.25, -0.2) is 8.42 Å². The average Bonchev–Trinajstić information content (AvgIpc) is 2.48. The maximum Gasteiger partial charge on any atom is 0.418 e. The van der Waals surface area contributed by atoms with E-state index in [4.69, 9.17) is 0 Å². The summed E-state index contributed by atoms with van der Waals surface area (Å²) in [6.45, 7) is 2.96. The molecule has 0 fully saturated rings. The molecule has 8 heteroatoms. The van der Waals surface area contributed by atoms with Crippen molar-refractivity contribution in [3.63, 3.8) is 0 Å². The van der Waals surface area contributed by atoms with Gasteiger partial charge in [0, 0.05) is 6.04 Å². The second-order valence-corrected chi connectivity index (χ2v) is 7.22. The zero-order valence-corrected chi connectivity index (χ0v) is 13.8. The topological polar surface area (TPSA) is 57.6 Å². The van der Waals surface area contributed by atoms with Crippen molar-refractivity contribution in [3.05, 3.63) is 54.1 Å². The molecule has 0 saturated carbocycles. The van der Waals surface area contributed by atoms with Crippen LogP contribution in [0.3, 0.4) is 0 Å². The Labute approximate surface area is 138 Å². The van der Waals surface area contributed by atoms with Crippen LogP contribution in [0.2, 0.25) is 0 Å². The summed E-state index contributed by atoms with van der Waals surface area (Å²) in [6.07, 6.45) is -4.81. The van der Waals surface area contributed by atoms with Crippen LogP contribution in [0.5, 0.6) is 5.75 Å². The number of sulfonamides is 1. The highest BCUT2D eigenvalue weighted by molar-refractivity contribution is 7.92. The molecule has 130 valence electrons. The van der Waals surface area contributed by atoms with Gasteiger partial charge in [0.2, 0.25) is 0 Å². The Morgan fingerprint density at radius 1 is 1.04 bits per heavy atom. The van der Waals surface area contributed by atoms with E-state index in [1.54, 1.807) is 6.07 Å². The molecule has 4 nitrogen and oxygen atoms in total. The predicted molar refractivity (Wildman–Crippen MR) is 84.4 cm³/mol. The van der Waals surface area contributed by atoms with E-state index in [1.165, 1.54) is 38.1 Å². The summed E-state index contributed by atoms with van der Waals surface area (Å²) in [5.41, 5.74) is -1.74. The van der Waals surface area contributed by atoms with Crippen molar-refractivity contribution in [2.75, 3.05) is 4.31 Å². The largest absolute Gasteiger partial charge is 0.508 e. The molecule has 0 aromatic heterocycles. The first-order valence-electron chi connectivity index (χ1n) is 7.05. The van der Waals surface area contributed by atoms with E-state index in [2.05, 4.69) is 0 Å². The van der Waals surface area contributed by atoms with Gasteiger partial charge in [0.05, 0.1) is 16.1 Å². The number of nitrogens with zero attached hydrogens (tertiary/aromatic N) is 1. The fourth-order valence-electron chi connectivity index (χ4n) is 2.33. The van der Waals surface area contributed by atoms with Gasteiger partial charge in [0.1, 0.15) is 5.75 Å². The molecule has 0 aliphatic rings. The first kappa shape index (κ1) is 18.1. The van der Waals surface area contributed by atoms with Crippen LogP contribution in [0.25, 0.3) is 0 Å². The van der Waals surface area contributed by atoms with E-state index in [0.717, 1.165) is 12.1 Å². The molecule has 0 aliphatic heterocycles. The molecule has 0 heterocycles. The Bertz CT molecular complexity index is 818. The lowest BCUT2D eigenvalue weighted by molar-refractivity contribution is -0.137. The molecule has 0 amide bonds. The maximum atomic E-state index is 13.3. The Kier molecular flexibility index (Phi) is 4.80. The molecule has 1 N–H and O–H groups in total. The fourth-order valence-corrected chi connectivity index (χ4v) is 4.04. The summed E-state index contributed by atoms with van der Waals surface area (Å²) in [6, 6.07) is 8.97. The summed E-state index contributed by atoms with van der Waals surface area (Å²) in [5.74, 6) is -0.591. The first-order valence-corrected chi connectivity index (χ1v) is 8.49. The molecule has 0 radical (unpaired) electrons. The van der Waals surface area contributed by atoms with Crippen LogP contribution in [-0.4, -0.2) is 19.6 Å². The quantitative estimate of drug-likeness (QED) is 0.897. The van der Waals surface area contributed by atoms with Crippen LogP contribution < -0.4 is 4.31 Å². The predicted octanol–water partition coefficient (Wildman–Crippen LogP) is 4.01. The van der Waals surface area contributed by atoms with Crippen molar-refractivity contribution in [3.8, 4) is 5.75 Å². The second-order valence-electron chi connectivity index (χ2n) is 5.41. The molecule has 24 heavy (non-hydrogen) atoms. The number of hydrogen-bond acceptors (Lipinski definition) is 3. The molecular weight excluding hydrogens is 343 g/mol. The average molecular weight is 359 g/mol. The number of aromatic hydroxyl groups is 1. The number of rotatable bonds is 4. The minimum atomic E-state index is -4.81. The molecular formula is C16H16F3NO3S. The third kappa shape index (κ3) is 3.48. The molecule has 0 bridgehead atoms. The number of hydrogen-bond donors (Lipinski definition) is 1. The lowest BCUT2D eigenvalue weighted by atomic mass is 10.1.